The molecule has 1 aliphatic heterocycles. The first-order valence-electron chi connectivity index (χ1n) is 7.86. The van der Waals surface area contributed by atoms with E-state index in [9.17, 15) is 18.0 Å². The van der Waals surface area contributed by atoms with Gasteiger partial charge in [-0.1, -0.05) is 35.7 Å². The molecule has 1 aromatic heterocycles. The highest BCUT2D eigenvalue weighted by atomic mass is 32.2. The van der Waals surface area contributed by atoms with Gasteiger partial charge in [0.25, 0.3) is 0 Å². The number of thioether (sulfide) groups is 1. The van der Waals surface area contributed by atoms with Crippen LogP contribution in [0.5, 0.6) is 0 Å². The lowest BCUT2D eigenvalue weighted by Gasteiger charge is -2.18. The molecule has 4 rings (SSSR count). The van der Waals surface area contributed by atoms with Crippen molar-refractivity contribution in [1.82, 2.24) is 15.2 Å². The second-order valence-corrected chi connectivity index (χ2v) is 7.50. The van der Waals surface area contributed by atoms with Crippen molar-refractivity contribution in [1.29, 1.82) is 0 Å². The predicted molar refractivity (Wildman–Crippen MR) is 99.3 cm³/mol. The molecule has 0 radical (unpaired) electrons. The Bertz CT molecular complexity index is 1080. The van der Waals surface area contributed by atoms with Crippen molar-refractivity contribution < 1.29 is 18.0 Å². The predicted octanol–water partition coefficient (Wildman–Crippen LogP) is 4.23. The van der Waals surface area contributed by atoms with Gasteiger partial charge in [0.2, 0.25) is 11.1 Å². The topological polar surface area (TPSA) is 79.8 Å². The number of rotatable bonds is 4. The number of fused-ring (bicyclic) bond motifs is 2. The molecule has 2 N–H and O–H groups in total. The molecule has 0 fully saturated rings. The molecule has 0 atom stereocenters. The molecule has 142 valence electrons. The van der Waals surface area contributed by atoms with Crippen LogP contribution in [0.25, 0.3) is 0 Å². The van der Waals surface area contributed by atoms with E-state index in [4.69, 9.17) is 0 Å². The van der Waals surface area contributed by atoms with E-state index in [1.807, 2.05) is 24.3 Å². The van der Waals surface area contributed by atoms with Gasteiger partial charge in [0, 0.05) is 4.90 Å². The Morgan fingerprint density at radius 3 is 2.79 bits per heavy atom. The summed E-state index contributed by atoms with van der Waals surface area (Å²) in [5.74, 6) is -4.69. The summed E-state index contributed by atoms with van der Waals surface area (Å²) >= 11 is 2.41. The Kier molecular flexibility index (Phi) is 5.09. The van der Waals surface area contributed by atoms with E-state index in [1.54, 1.807) is 0 Å². The van der Waals surface area contributed by atoms with Crippen LogP contribution < -0.4 is 10.6 Å². The third kappa shape index (κ3) is 3.76. The number of benzene rings is 2. The summed E-state index contributed by atoms with van der Waals surface area (Å²) < 4.78 is 39.8. The molecule has 11 heteroatoms. The van der Waals surface area contributed by atoms with Gasteiger partial charge in [0.05, 0.1) is 17.1 Å². The number of carbonyl (C=O) groups excluding carboxylic acids is 1. The van der Waals surface area contributed by atoms with Crippen molar-refractivity contribution in [3.8, 4) is 0 Å². The lowest BCUT2D eigenvalue weighted by molar-refractivity contribution is -0.113. The Labute approximate surface area is 165 Å². The molecular formula is C17H10F3N5OS2. The molecule has 2 heterocycles. The van der Waals surface area contributed by atoms with Crippen LogP contribution in [0.3, 0.4) is 0 Å². The zero-order chi connectivity index (χ0) is 19.7. The van der Waals surface area contributed by atoms with E-state index >= 15 is 0 Å². The van der Waals surface area contributed by atoms with Crippen molar-refractivity contribution in [3.05, 3.63) is 53.8 Å². The van der Waals surface area contributed by atoms with Gasteiger partial charge in [-0.2, -0.15) is 0 Å². The van der Waals surface area contributed by atoms with E-state index in [0.717, 1.165) is 34.5 Å². The van der Waals surface area contributed by atoms with Crippen LogP contribution in [0.4, 0.5) is 30.4 Å². The maximum atomic E-state index is 13.6. The Morgan fingerprint density at radius 2 is 1.93 bits per heavy atom. The normalized spacial score (nSPS) is 12.0. The molecule has 3 aromatic rings. The SMILES string of the molecule is O=C(CSc1nnc2c(n1)Nc1ccccc1S2)Nc1ccc(F)c(F)c1F. The molecule has 6 nitrogen and oxygen atoms in total. The van der Waals surface area contributed by atoms with Crippen LogP contribution in [-0.4, -0.2) is 26.8 Å². The third-order valence-corrected chi connectivity index (χ3v) is 5.51. The molecule has 0 spiro atoms. The summed E-state index contributed by atoms with van der Waals surface area (Å²) in [6, 6.07) is 9.35. The molecule has 0 bridgehead atoms. The van der Waals surface area contributed by atoms with Gasteiger partial charge in [-0.15, -0.1) is 10.2 Å². The lowest BCUT2D eigenvalue weighted by Crippen LogP contribution is -2.16. The Hall–Kier alpha value is -2.79. The standard InChI is InChI=1S/C17H10F3N5OS2/c18-8-5-6-10(14(20)13(8)19)21-12(26)7-27-17-23-15-16(24-25-17)28-11-4-2-1-3-9(11)22-15/h1-6H,7H2,(H,21,26)(H,22,23,25). The van der Waals surface area contributed by atoms with Gasteiger partial charge in [-0.3, -0.25) is 4.79 Å². The van der Waals surface area contributed by atoms with Crippen LogP contribution in [0.2, 0.25) is 0 Å². The summed E-state index contributed by atoms with van der Waals surface area (Å²) in [4.78, 5) is 17.3. The molecule has 28 heavy (non-hydrogen) atoms. The molecule has 0 saturated carbocycles. The quantitative estimate of drug-likeness (QED) is 0.377. The Morgan fingerprint density at radius 1 is 1.11 bits per heavy atom. The number of nitrogens with one attached hydrogen (secondary N) is 2. The first-order chi connectivity index (χ1) is 13.5. The smallest absolute Gasteiger partial charge is 0.234 e. The third-order valence-electron chi connectivity index (χ3n) is 3.62. The van der Waals surface area contributed by atoms with Crippen LogP contribution in [-0.2, 0) is 4.79 Å². The fourth-order valence-corrected chi connectivity index (χ4v) is 3.79. The van der Waals surface area contributed by atoms with E-state index in [0.29, 0.717) is 10.8 Å². The second-order valence-electron chi connectivity index (χ2n) is 5.53. The molecular weight excluding hydrogens is 411 g/mol. The fourth-order valence-electron chi connectivity index (χ4n) is 2.34. The van der Waals surface area contributed by atoms with Crippen molar-refractivity contribution in [2.75, 3.05) is 16.4 Å². The van der Waals surface area contributed by atoms with Crippen molar-refractivity contribution in [2.45, 2.75) is 15.1 Å². The summed E-state index contributed by atoms with van der Waals surface area (Å²) in [6.07, 6.45) is 0. The maximum absolute atomic E-state index is 13.6. The number of halogens is 3. The van der Waals surface area contributed by atoms with E-state index in [-0.39, 0.29) is 10.9 Å². The van der Waals surface area contributed by atoms with Crippen LogP contribution in [0.1, 0.15) is 0 Å². The number of amides is 1. The van der Waals surface area contributed by atoms with Crippen LogP contribution >= 0.6 is 23.5 Å². The van der Waals surface area contributed by atoms with E-state index < -0.39 is 29.0 Å². The number of nitrogens with zero attached hydrogens (tertiary/aromatic N) is 3. The zero-order valence-electron chi connectivity index (χ0n) is 13.9. The largest absolute Gasteiger partial charge is 0.337 e. The summed E-state index contributed by atoms with van der Waals surface area (Å²) in [5.41, 5.74) is 0.451. The van der Waals surface area contributed by atoms with Gasteiger partial charge in [0.1, 0.15) is 0 Å². The molecule has 0 aliphatic carbocycles. The minimum atomic E-state index is -1.64. The average molecular weight is 421 g/mol. The fraction of sp³-hybridized carbons (Fsp3) is 0.0588. The average Bonchev–Trinajstić information content (AvgIpc) is 2.71. The van der Waals surface area contributed by atoms with Crippen molar-refractivity contribution >= 4 is 46.6 Å². The number of carbonyl (C=O) groups is 1. The number of para-hydroxylation sites is 1. The molecule has 1 amide bonds. The minimum Gasteiger partial charge on any atom is -0.337 e. The summed E-state index contributed by atoms with van der Waals surface area (Å²) in [5, 5.41) is 14.3. The minimum absolute atomic E-state index is 0.164. The molecule has 2 aromatic carbocycles. The number of aromatic nitrogens is 3. The van der Waals surface area contributed by atoms with Gasteiger partial charge < -0.3 is 10.6 Å². The lowest BCUT2D eigenvalue weighted by atomic mass is 10.3. The number of hydrogen-bond acceptors (Lipinski definition) is 7. The van der Waals surface area contributed by atoms with E-state index in [2.05, 4.69) is 25.8 Å². The van der Waals surface area contributed by atoms with Gasteiger partial charge in [0.15, 0.2) is 28.3 Å². The highest BCUT2D eigenvalue weighted by Crippen LogP contribution is 2.41. The summed E-state index contributed by atoms with van der Waals surface area (Å²) in [6.45, 7) is 0. The van der Waals surface area contributed by atoms with Crippen molar-refractivity contribution in [3.63, 3.8) is 0 Å². The van der Waals surface area contributed by atoms with Gasteiger partial charge in [-0.25, -0.2) is 18.2 Å². The van der Waals surface area contributed by atoms with Gasteiger partial charge >= 0.3 is 0 Å². The molecule has 0 unspecified atom stereocenters. The van der Waals surface area contributed by atoms with E-state index in [1.165, 1.54) is 11.8 Å². The number of anilines is 3. The highest BCUT2D eigenvalue weighted by molar-refractivity contribution is 8.00. The summed E-state index contributed by atoms with van der Waals surface area (Å²) in [7, 11) is 0. The first-order valence-corrected chi connectivity index (χ1v) is 9.66. The van der Waals surface area contributed by atoms with Crippen LogP contribution in [0, 0.1) is 17.5 Å². The second kappa shape index (κ2) is 7.68. The highest BCUT2D eigenvalue weighted by Gasteiger charge is 2.20. The zero-order valence-corrected chi connectivity index (χ0v) is 15.5. The maximum Gasteiger partial charge on any atom is 0.234 e. The monoisotopic (exact) mass is 421 g/mol. The molecule has 0 saturated heterocycles. The van der Waals surface area contributed by atoms with Gasteiger partial charge in [-0.05, 0) is 24.3 Å². The molecule has 1 aliphatic rings. The Balaban J connectivity index is 1.41. The first kappa shape index (κ1) is 18.6. The van der Waals surface area contributed by atoms with Crippen LogP contribution in [0.15, 0.2) is 51.5 Å². The number of hydrogen-bond donors (Lipinski definition) is 2. The van der Waals surface area contributed by atoms with Crippen molar-refractivity contribution in [2.24, 2.45) is 0 Å².